The van der Waals surface area contributed by atoms with Crippen LogP contribution in [0.2, 0.25) is 0 Å². The molecule has 0 bridgehead atoms. The Bertz CT molecular complexity index is 537. The summed E-state index contributed by atoms with van der Waals surface area (Å²) in [5.74, 6) is 0.673. The van der Waals surface area contributed by atoms with Gasteiger partial charge in [-0.05, 0) is 76.7 Å². The quantitative estimate of drug-likeness (QED) is 0.710. The fraction of sp³-hybridized carbons (Fsp3) is 0.632. The molecule has 1 aromatic carbocycles. The fourth-order valence-electron chi connectivity index (χ4n) is 3.39. The number of hydrogen-bond acceptors (Lipinski definition) is 1. The van der Waals surface area contributed by atoms with Crippen molar-refractivity contribution in [3.05, 3.63) is 28.8 Å². The molecular weight excluding hydrogens is 288 g/mol. The molecule has 0 aromatic heterocycles. The molecule has 1 fully saturated rings. The molecule has 1 aromatic rings. The first-order valence-corrected chi connectivity index (χ1v) is 8.87. The van der Waals surface area contributed by atoms with Crippen LogP contribution < -0.4 is 10.6 Å². The van der Waals surface area contributed by atoms with E-state index in [0.717, 1.165) is 5.11 Å². The number of nitrogens with one attached hydrogen (secondary N) is 2. The van der Waals surface area contributed by atoms with Crippen molar-refractivity contribution in [1.82, 2.24) is 5.32 Å². The van der Waals surface area contributed by atoms with Crippen LogP contribution in [0.3, 0.4) is 0 Å². The highest BCUT2D eigenvalue weighted by Crippen LogP contribution is 2.38. The van der Waals surface area contributed by atoms with Crippen LogP contribution in [0.5, 0.6) is 0 Å². The topological polar surface area (TPSA) is 24.1 Å². The van der Waals surface area contributed by atoms with Gasteiger partial charge in [-0.15, -0.1) is 0 Å². The predicted octanol–water partition coefficient (Wildman–Crippen LogP) is 5.44. The molecule has 0 spiro atoms. The Kier molecular flexibility index (Phi) is 5.49. The number of aryl methyl sites for hydroxylation is 2. The maximum absolute atomic E-state index is 5.52. The minimum Gasteiger partial charge on any atom is -0.358 e. The van der Waals surface area contributed by atoms with Gasteiger partial charge >= 0.3 is 0 Å². The van der Waals surface area contributed by atoms with E-state index < -0.39 is 0 Å². The maximum atomic E-state index is 5.52. The summed E-state index contributed by atoms with van der Waals surface area (Å²) >= 11 is 5.52. The monoisotopic (exact) mass is 318 g/mol. The first kappa shape index (κ1) is 17.3. The SMILES string of the molecule is Cc1cc(C)c(NC(=S)NC(C)(C)C)c(C2CCCCC2)c1. The summed E-state index contributed by atoms with van der Waals surface area (Å²) in [5, 5.41) is 7.56. The van der Waals surface area contributed by atoms with E-state index in [9.17, 15) is 0 Å². The van der Waals surface area contributed by atoms with Gasteiger partial charge in [0.05, 0.1) is 0 Å². The molecular formula is C19H30N2S. The summed E-state index contributed by atoms with van der Waals surface area (Å²) in [6.07, 6.45) is 6.69. The van der Waals surface area contributed by atoms with Crippen molar-refractivity contribution in [2.24, 2.45) is 0 Å². The molecule has 0 aliphatic heterocycles. The van der Waals surface area contributed by atoms with Crippen molar-refractivity contribution in [2.75, 3.05) is 5.32 Å². The Hall–Kier alpha value is -1.09. The van der Waals surface area contributed by atoms with Crippen molar-refractivity contribution in [3.8, 4) is 0 Å². The van der Waals surface area contributed by atoms with Gasteiger partial charge in [0.25, 0.3) is 0 Å². The van der Waals surface area contributed by atoms with Crippen LogP contribution in [-0.2, 0) is 0 Å². The average molecular weight is 319 g/mol. The zero-order valence-corrected chi connectivity index (χ0v) is 15.5. The lowest BCUT2D eigenvalue weighted by Gasteiger charge is -2.28. The summed E-state index contributed by atoms with van der Waals surface area (Å²) in [4.78, 5) is 0. The molecule has 0 unspecified atom stereocenters. The van der Waals surface area contributed by atoms with E-state index in [0.29, 0.717) is 5.92 Å². The molecule has 1 aliphatic carbocycles. The zero-order valence-electron chi connectivity index (χ0n) is 14.7. The van der Waals surface area contributed by atoms with Gasteiger partial charge in [0.1, 0.15) is 0 Å². The smallest absolute Gasteiger partial charge is 0.171 e. The first-order valence-electron chi connectivity index (χ1n) is 8.46. The molecule has 3 heteroatoms. The Labute approximate surface area is 141 Å². The van der Waals surface area contributed by atoms with E-state index in [-0.39, 0.29) is 5.54 Å². The normalized spacial score (nSPS) is 16.4. The molecule has 0 saturated heterocycles. The van der Waals surface area contributed by atoms with Crippen molar-refractivity contribution >= 4 is 23.0 Å². The van der Waals surface area contributed by atoms with E-state index in [4.69, 9.17) is 12.2 Å². The van der Waals surface area contributed by atoms with Crippen molar-refractivity contribution in [3.63, 3.8) is 0 Å². The van der Waals surface area contributed by atoms with Crippen LogP contribution in [0.4, 0.5) is 5.69 Å². The molecule has 0 radical (unpaired) electrons. The minimum atomic E-state index is -0.0202. The number of anilines is 1. The summed E-state index contributed by atoms with van der Waals surface area (Å²) in [5.41, 5.74) is 5.29. The van der Waals surface area contributed by atoms with Gasteiger partial charge in [-0.25, -0.2) is 0 Å². The van der Waals surface area contributed by atoms with Gasteiger partial charge in [-0.3, -0.25) is 0 Å². The standard InChI is InChI=1S/C19H30N2S/c1-13-11-14(2)17(20-18(22)21-19(3,4)5)16(12-13)15-9-7-6-8-10-15/h11-12,15H,6-10H2,1-5H3,(H2,20,21,22). The lowest BCUT2D eigenvalue weighted by atomic mass is 9.82. The minimum absolute atomic E-state index is 0.0202. The molecule has 0 amide bonds. The Morgan fingerprint density at radius 1 is 1.09 bits per heavy atom. The molecule has 2 rings (SSSR count). The molecule has 22 heavy (non-hydrogen) atoms. The van der Waals surface area contributed by atoms with E-state index in [1.165, 1.54) is 54.5 Å². The third-order valence-electron chi connectivity index (χ3n) is 4.28. The van der Waals surface area contributed by atoms with Crippen molar-refractivity contribution in [1.29, 1.82) is 0 Å². The highest BCUT2D eigenvalue weighted by atomic mass is 32.1. The van der Waals surface area contributed by atoms with Gasteiger partial charge in [-0.1, -0.05) is 37.0 Å². The maximum Gasteiger partial charge on any atom is 0.171 e. The van der Waals surface area contributed by atoms with Gasteiger partial charge < -0.3 is 10.6 Å². The lowest BCUT2D eigenvalue weighted by Crippen LogP contribution is -2.43. The van der Waals surface area contributed by atoms with E-state index >= 15 is 0 Å². The van der Waals surface area contributed by atoms with Crippen LogP contribution in [0.1, 0.15) is 75.5 Å². The summed E-state index contributed by atoms with van der Waals surface area (Å²) < 4.78 is 0. The molecule has 1 saturated carbocycles. The Morgan fingerprint density at radius 2 is 1.73 bits per heavy atom. The highest BCUT2D eigenvalue weighted by molar-refractivity contribution is 7.80. The van der Waals surface area contributed by atoms with Gasteiger partial charge in [0, 0.05) is 11.2 Å². The second kappa shape index (κ2) is 6.99. The summed E-state index contributed by atoms with van der Waals surface area (Å²) in [6, 6.07) is 4.60. The third-order valence-corrected chi connectivity index (χ3v) is 4.49. The van der Waals surface area contributed by atoms with Crippen LogP contribution in [0.25, 0.3) is 0 Å². The van der Waals surface area contributed by atoms with E-state index in [1.54, 1.807) is 0 Å². The average Bonchev–Trinajstić information content (AvgIpc) is 2.40. The number of hydrogen-bond donors (Lipinski definition) is 2. The summed E-state index contributed by atoms with van der Waals surface area (Å²) in [7, 11) is 0. The van der Waals surface area contributed by atoms with Crippen LogP contribution >= 0.6 is 12.2 Å². The number of benzene rings is 1. The van der Waals surface area contributed by atoms with Crippen LogP contribution in [0.15, 0.2) is 12.1 Å². The predicted molar refractivity (Wildman–Crippen MR) is 101 cm³/mol. The summed E-state index contributed by atoms with van der Waals surface area (Å²) in [6.45, 7) is 10.8. The number of rotatable bonds is 2. The Balaban J connectivity index is 2.27. The van der Waals surface area contributed by atoms with Crippen LogP contribution in [-0.4, -0.2) is 10.7 Å². The third kappa shape index (κ3) is 4.70. The lowest BCUT2D eigenvalue weighted by molar-refractivity contribution is 0.444. The van der Waals surface area contributed by atoms with Gasteiger partial charge in [0.15, 0.2) is 5.11 Å². The second-order valence-electron chi connectivity index (χ2n) is 7.71. The highest BCUT2D eigenvalue weighted by Gasteiger charge is 2.21. The molecule has 2 nitrogen and oxygen atoms in total. The van der Waals surface area contributed by atoms with Crippen LogP contribution in [0, 0.1) is 13.8 Å². The van der Waals surface area contributed by atoms with E-state index in [2.05, 4.69) is 57.4 Å². The largest absolute Gasteiger partial charge is 0.358 e. The van der Waals surface area contributed by atoms with E-state index in [1.807, 2.05) is 0 Å². The molecule has 0 atom stereocenters. The fourth-order valence-corrected chi connectivity index (χ4v) is 3.80. The molecule has 122 valence electrons. The van der Waals surface area contributed by atoms with Gasteiger partial charge in [0.2, 0.25) is 0 Å². The van der Waals surface area contributed by atoms with Gasteiger partial charge in [-0.2, -0.15) is 0 Å². The molecule has 0 heterocycles. The second-order valence-corrected chi connectivity index (χ2v) is 8.12. The molecule has 2 N–H and O–H groups in total. The van der Waals surface area contributed by atoms with Crippen molar-refractivity contribution in [2.45, 2.75) is 78.2 Å². The first-order chi connectivity index (χ1) is 10.3. The Morgan fingerprint density at radius 3 is 2.32 bits per heavy atom. The molecule has 1 aliphatic rings. The number of thiocarbonyl (C=S) groups is 1. The van der Waals surface area contributed by atoms with Crippen molar-refractivity contribution < 1.29 is 0 Å². The zero-order chi connectivity index (χ0) is 16.3.